The number of fused-ring (bicyclic) bond motifs is 1. The van der Waals surface area contributed by atoms with E-state index in [0.29, 0.717) is 29.9 Å². The van der Waals surface area contributed by atoms with Crippen LogP contribution in [0, 0.1) is 41.1 Å². The molecule has 0 radical (unpaired) electrons. The van der Waals surface area contributed by atoms with E-state index in [2.05, 4.69) is 13.8 Å². The second-order valence-electron chi connectivity index (χ2n) is 11.3. The number of ether oxygens (including phenoxy) is 1. The first kappa shape index (κ1) is 26.4. The molecule has 4 heteroatoms. The lowest BCUT2D eigenvalue weighted by Crippen LogP contribution is -2.27. The highest BCUT2D eigenvalue weighted by Gasteiger charge is 2.31. The van der Waals surface area contributed by atoms with Gasteiger partial charge in [0.2, 0.25) is 5.82 Å². The number of unbranched alkanes of at least 4 members (excludes halogenated alkanes) is 2. The van der Waals surface area contributed by atoms with Crippen LogP contribution in [-0.2, 0) is 6.42 Å². The van der Waals surface area contributed by atoms with Crippen molar-refractivity contribution >= 4 is 10.8 Å². The Morgan fingerprint density at radius 2 is 1.40 bits per heavy atom. The molecule has 1 nitrogen and oxygen atoms in total. The topological polar surface area (TPSA) is 9.23 Å². The van der Waals surface area contributed by atoms with Gasteiger partial charge in [0, 0.05) is 0 Å². The maximum atomic E-state index is 14.9. The molecule has 0 unspecified atom stereocenters. The number of halogens is 3. The zero-order valence-corrected chi connectivity index (χ0v) is 21.7. The Kier molecular flexibility index (Phi) is 9.41. The fourth-order valence-corrected chi connectivity index (χ4v) is 6.65. The fraction of sp³-hybridized carbons (Fsp3) is 0.677. The smallest absolute Gasteiger partial charge is 0.201 e. The van der Waals surface area contributed by atoms with Gasteiger partial charge in [-0.2, -0.15) is 4.39 Å². The zero-order valence-electron chi connectivity index (χ0n) is 21.7. The molecule has 2 aromatic rings. The first-order valence-corrected chi connectivity index (χ1v) is 14.2. The van der Waals surface area contributed by atoms with E-state index in [-0.39, 0.29) is 11.1 Å². The highest BCUT2D eigenvalue weighted by molar-refractivity contribution is 5.86. The maximum absolute atomic E-state index is 14.9. The zero-order chi connectivity index (χ0) is 24.8. The quantitative estimate of drug-likeness (QED) is 0.302. The number of aryl methyl sites for hydroxylation is 1. The molecule has 2 saturated carbocycles. The van der Waals surface area contributed by atoms with Gasteiger partial charge in [-0.1, -0.05) is 64.5 Å². The van der Waals surface area contributed by atoms with Crippen LogP contribution in [0.4, 0.5) is 13.2 Å². The Bertz CT molecular complexity index is 956. The van der Waals surface area contributed by atoms with Gasteiger partial charge in [0.25, 0.3) is 0 Å². The second-order valence-corrected chi connectivity index (χ2v) is 11.3. The van der Waals surface area contributed by atoms with Crippen molar-refractivity contribution in [3.63, 3.8) is 0 Å². The van der Waals surface area contributed by atoms with Gasteiger partial charge in [-0.3, -0.25) is 0 Å². The van der Waals surface area contributed by atoms with Crippen LogP contribution in [0.5, 0.6) is 5.75 Å². The van der Waals surface area contributed by atoms with Gasteiger partial charge in [0.1, 0.15) is 5.82 Å². The highest BCUT2D eigenvalue weighted by Crippen LogP contribution is 2.42. The fourth-order valence-electron chi connectivity index (χ4n) is 6.65. The van der Waals surface area contributed by atoms with Crippen LogP contribution >= 0.6 is 0 Å². The van der Waals surface area contributed by atoms with Gasteiger partial charge in [0.15, 0.2) is 11.6 Å². The van der Waals surface area contributed by atoms with Crippen LogP contribution in [0.2, 0.25) is 0 Å². The van der Waals surface area contributed by atoms with E-state index in [0.717, 1.165) is 49.9 Å². The van der Waals surface area contributed by atoms with Gasteiger partial charge < -0.3 is 4.74 Å². The van der Waals surface area contributed by atoms with Crippen LogP contribution < -0.4 is 4.74 Å². The van der Waals surface area contributed by atoms with Crippen LogP contribution in [0.25, 0.3) is 10.8 Å². The van der Waals surface area contributed by atoms with Crippen molar-refractivity contribution in [1.82, 2.24) is 0 Å². The third-order valence-corrected chi connectivity index (χ3v) is 8.84. The predicted octanol–water partition coefficient (Wildman–Crippen LogP) is 9.78. The average molecular weight is 489 g/mol. The average Bonchev–Trinajstić information content (AvgIpc) is 2.87. The molecular weight excluding hydrogens is 445 g/mol. The maximum Gasteiger partial charge on any atom is 0.201 e. The molecule has 2 aromatic carbocycles. The van der Waals surface area contributed by atoms with E-state index in [4.69, 9.17) is 4.74 Å². The first-order chi connectivity index (χ1) is 17.0. The monoisotopic (exact) mass is 488 g/mol. The Hall–Kier alpha value is -1.71. The third-order valence-electron chi connectivity index (χ3n) is 8.84. The summed E-state index contributed by atoms with van der Waals surface area (Å²) in [6.07, 6.45) is 16.3. The molecule has 0 spiro atoms. The van der Waals surface area contributed by atoms with Gasteiger partial charge in [-0.25, -0.2) is 8.78 Å². The van der Waals surface area contributed by atoms with Crippen molar-refractivity contribution in [2.75, 3.05) is 6.61 Å². The molecule has 0 amide bonds. The summed E-state index contributed by atoms with van der Waals surface area (Å²) in [5, 5.41) is 0.107. The summed E-state index contributed by atoms with van der Waals surface area (Å²) in [7, 11) is 0. The van der Waals surface area contributed by atoms with Crippen LogP contribution in [0.1, 0.15) is 103 Å². The summed E-state index contributed by atoms with van der Waals surface area (Å²) in [6, 6.07) is 4.86. The van der Waals surface area contributed by atoms with E-state index >= 15 is 0 Å². The van der Waals surface area contributed by atoms with E-state index in [1.54, 1.807) is 12.1 Å². The van der Waals surface area contributed by atoms with Gasteiger partial charge in [-0.15, -0.1) is 0 Å². The Morgan fingerprint density at radius 3 is 2.03 bits per heavy atom. The molecule has 0 N–H and O–H groups in total. The van der Waals surface area contributed by atoms with Crippen molar-refractivity contribution in [3.8, 4) is 5.75 Å². The minimum atomic E-state index is -1.13. The standard InChI is InChI=1S/C31H43F3O/c1-3-5-6-8-25-17-18-26-19-27(30(33)31(34)28(26)29(25)32)35-20-22-11-15-24(16-12-22)23-13-9-21(7-4-2)10-14-23/h17-19,21-24H,3-16,20H2,1-2H3. The first-order valence-electron chi connectivity index (χ1n) is 14.2. The molecule has 0 aliphatic heterocycles. The molecule has 2 aliphatic rings. The summed E-state index contributed by atoms with van der Waals surface area (Å²) in [4.78, 5) is 0. The molecule has 4 rings (SSSR count). The van der Waals surface area contributed by atoms with Gasteiger partial charge >= 0.3 is 0 Å². The third kappa shape index (κ3) is 6.35. The normalized spacial score (nSPS) is 25.2. The van der Waals surface area contributed by atoms with Crippen LogP contribution in [-0.4, -0.2) is 6.61 Å². The molecule has 0 heterocycles. The SMILES string of the molecule is CCCCCc1ccc2cc(OCC3CCC(C4CCC(CCC)CC4)CC3)c(F)c(F)c2c1F. The van der Waals surface area contributed by atoms with Gasteiger partial charge in [-0.05, 0) is 92.1 Å². The van der Waals surface area contributed by atoms with Crippen molar-refractivity contribution in [2.24, 2.45) is 23.7 Å². The van der Waals surface area contributed by atoms with Crippen molar-refractivity contribution in [2.45, 2.75) is 104 Å². The number of hydrogen-bond donors (Lipinski definition) is 0. The largest absolute Gasteiger partial charge is 0.490 e. The summed E-state index contributed by atoms with van der Waals surface area (Å²) < 4.78 is 50.5. The Morgan fingerprint density at radius 1 is 0.743 bits per heavy atom. The number of benzene rings is 2. The lowest BCUT2D eigenvalue weighted by atomic mass is 9.69. The van der Waals surface area contributed by atoms with E-state index in [1.165, 1.54) is 57.4 Å². The summed E-state index contributed by atoms with van der Waals surface area (Å²) >= 11 is 0. The molecule has 194 valence electrons. The molecular formula is C31H43F3O. The molecule has 0 saturated heterocycles. The molecule has 0 atom stereocenters. The van der Waals surface area contributed by atoms with Crippen molar-refractivity contribution < 1.29 is 17.9 Å². The van der Waals surface area contributed by atoms with Crippen molar-refractivity contribution in [1.29, 1.82) is 0 Å². The lowest BCUT2D eigenvalue weighted by Gasteiger charge is -2.37. The highest BCUT2D eigenvalue weighted by atomic mass is 19.2. The van der Waals surface area contributed by atoms with E-state index in [9.17, 15) is 13.2 Å². The number of hydrogen-bond acceptors (Lipinski definition) is 1. The second kappa shape index (κ2) is 12.5. The Balaban J connectivity index is 1.32. The van der Waals surface area contributed by atoms with Gasteiger partial charge in [0.05, 0.1) is 12.0 Å². The lowest BCUT2D eigenvalue weighted by molar-refractivity contribution is 0.120. The molecule has 0 bridgehead atoms. The molecule has 35 heavy (non-hydrogen) atoms. The summed E-state index contributed by atoms with van der Waals surface area (Å²) in [5.74, 6) is 0.0808. The predicted molar refractivity (Wildman–Crippen MR) is 138 cm³/mol. The van der Waals surface area contributed by atoms with Crippen LogP contribution in [0.15, 0.2) is 18.2 Å². The van der Waals surface area contributed by atoms with Crippen molar-refractivity contribution in [3.05, 3.63) is 41.2 Å². The minimum Gasteiger partial charge on any atom is -0.490 e. The summed E-state index contributed by atoms with van der Waals surface area (Å²) in [6.45, 7) is 4.77. The molecule has 0 aromatic heterocycles. The van der Waals surface area contributed by atoms with Crippen LogP contribution in [0.3, 0.4) is 0 Å². The Labute approximate surface area is 209 Å². The van der Waals surface area contributed by atoms with E-state index < -0.39 is 17.5 Å². The van der Waals surface area contributed by atoms with E-state index in [1.807, 2.05) is 0 Å². The summed E-state index contributed by atoms with van der Waals surface area (Å²) in [5.41, 5.74) is 0.452. The molecule has 2 fully saturated rings. The number of rotatable bonds is 10. The molecule has 2 aliphatic carbocycles. The minimum absolute atomic E-state index is 0.0931.